The zero-order valence-corrected chi connectivity index (χ0v) is 11.5. The molecule has 1 amide bonds. The third-order valence-corrected chi connectivity index (χ3v) is 2.87. The molecular weight excluding hydrogens is 258 g/mol. The first kappa shape index (κ1) is 13.9. The van der Waals surface area contributed by atoms with Gasteiger partial charge in [0.2, 0.25) is 0 Å². The Morgan fingerprint density at radius 2 is 2.25 bits per heavy atom. The first-order valence-corrected chi connectivity index (χ1v) is 6.16. The standard InChI is InChI=1S/C13H17N5O2/c1-18-8-16-17-12(18)3-4-15-13(19)9-5-10(14)7-11(6-9)20-2/h5-8H,3-4,14H2,1-2H3,(H,15,19). The Morgan fingerprint density at radius 1 is 1.45 bits per heavy atom. The van der Waals surface area contributed by atoms with Gasteiger partial charge in [-0.15, -0.1) is 10.2 Å². The van der Waals surface area contributed by atoms with Crippen LogP contribution in [0.25, 0.3) is 0 Å². The number of nitrogens with one attached hydrogen (secondary N) is 1. The number of hydrogen-bond donors (Lipinski definition) is 2. The first-order chi connectivity index (χ1) is 9.60. The second-order valence-electron chi connectivity index (χ2n) is 4.36. The van der Waals surface area contributed by atoms with E-state index in [1.807, 2.05) is 11.6 Å². The molecule has 20 heavy (non-hydrogen) atoms. The average Bonchev–Trinajstić information content (AvgIpc) is 2.83. The van der Waals surface area contributed by atoms with E-state index >= 15 is 0 Å². The molecule has 0 radical (unpaired) electrons. The van der Waals surface area contributed by atoms with E-state index in [2.05, 4.69) is 15.5 Å². The molecule has 1 aromatic heterocycles. The summed E-state index contributed by atoms with van der Waals surface area (Å²) in [4.78, 5) is 12.0. The zero-order valence-electron chi connectivity index (χ0n) is 11.5. The van der Waals surface area contributed by atoms with Gasteiger partial charge in [0.25, 0.3) is 5.91 Å². The number of rotatable bonds is 5. The summed E-state index contributed by atoms with van der Waals surface area (Å²) in [5.74, 6) is 1.18. The lowest BCUT2D eigenvalue weighted by molar-refractivity contribution is 0.0953. The summed E-state index contributed by atoms with van der Waals surface area (Å²) in [6, 6.07) is 4.92. The fraction of sp³-hybridized carbons (Fsp3) is 0.308. The number of anilines is 1. The van der Waals surface area contributed by atoms with Crippen molar-refractivity contribution in [1.29, 1.82) is 0 Å². The Labute approximate surface area is 116 Å². The molecule has 0 bridgehead atoms. The largest absolute Gasteiger partial charge is 0.497 e. The molecule has 106 valence electrons. The molecular formula is C13H17N5O2. The van der Waals surface area contributed by atoms with Gasteiger partial charge in [-0.1, -0.05) is 0 Å². The van der Waals surface area contributed by atoms with E-state index in [9.17, 15) is 4.79 Å². The van der Waals surface area contributed by atoms with Gasteiger partial charge in [0.05, 0.1) is 7.11 Å². The van der Waals surface area contributed by atoms with Crippen LogP contribution in [-0.2, 0) is 13.5 Å². The maximum atomic E-state index is 12.0. The Morgan fingerprint density at radius 3 is 2.90 bits per heavy atom. The van der Waals surface area contributed by atoms with Crippen LogP contribution in [0, 0.1) is 0 Å². The number of aromatic nitrogens is 3. The fourth-order valence-electron chi connectivity index (χ4n) is 1.79. The predicted octanol–water partition coefficient (Wildman–Crippen LogP) is 0.378. The lowest BCUT2D eigenvalue weighted by Gasteiger charge is -2.08. The van der Waals surface area contributed by atoms with Crippen molar-refractivity contribution in [1.82, 2.24) is 20.1 Å². The van der Waals surface area contributed by atoms with Gasteiger partial charge in [0.1, 0.15) is 17.9 Å². The normalized spacial score (nSPS) is 10.3. The highest BCUT2D eigenvalue weighted by atomic mass is 16.5. The van der Waals surface area contributed by atoms with Crippen LogP contribution in [0.1, 0.15) is 16.2 Å². The van der Waals surface area contributed by atoms with E-state index in [-0.39, 0.29) is 5.91 Å². The van der Waals surface area contributed by atoms with Crippen LogP contribution in [0.4, 0.5) is 5.69 Å². The molecule has 1 heterocycles. The van der Waals surface area contributed by atoms with Gasteiger partial charge in [-0.25, -0.2) is 0 Å². The maximum absolute atomic E-state index is 12.0. The summed E-state index contributed by atoms with van der Waals surface area (Å²) in [5, 5.41) is 10.5. The number of nitrogen functional groups attached to an aromatic ring is 1. The molecule has 0 aliphatic rings. The number of carbonyl (C=O) groups excluding carboxylic acids is 1. The molecule has 0 fully saturated rings. The lowest BCUT2D eigenvalue weighted by Crippen LogP contribution is -2.26. The van der Waals surface area contributed by atoms with Crippen LogP contribution in [0.3, 0.4) is 0 Å². The molecule has 0 aliphatic heterocycles. The van der Waals surface area contributed by atoms with Crippen molar-refractivity contribution in [2.24, 2.45) is 7.05 Å². The van der Waals surface area contributed by atoms with Crippen molar-refractivity contribution >= 4 is 11.6 Å². The quantitative estimate of drug-likeness (QED) is 0.769. The molecule has 3 N–H and O–H groups in total. The summed E-state index contributed by atoms with van der Waals surface area (Å²) in [5.41, 5.74) is 6.68. The second kappa shape index (κ2) is 6.05. The van der Waals surface area contributed by atoms with E-state index < -0.39 is 0 Å². The van der Waals surface area contributed by atoms with Gasteiger partial charge in [-0.3, -0.25) is 4.79 Å². The number of nitrogens with zero attached hydrogens (tertiary/aromatic N) is 3. The van der Waals surface area contributed by atoms with Crippen molar-refractivity contribution < 1.29 is 9.53 Å². The smallest absolute Gasteiger partial charge is 0.251 e. The van der Waals surface area contributed by atoms with E-state index in [4.69, 9.17) is 10.5 Å². The molecule has 7 nitrogen and oxygen atoms in total. The summed E-state index contributed by atoms with van der Waals surface area (Å²) in [6.45, 7) is 0.475. The maximum Gasteiger partial charge on any atom is 0.251 e. The third kappa shape index (κ3) is 3.25. The minimum Gasteiger partial charge on any atom is -0.497 e. The minimum atomic E-state index is -0.197. The van der Waals surface area contributed by atoms with Crippen molar-refractivity contribution in [2.45, 2.75) is 6.42 Å². The first-order valence-electron chi connectivity index (χ1n) is 6.16. The van der Waals surface area contributed by atoms with Gasteiger partial charge in [0, 0.05) is 37.3 Å². The van der Waals surface area contributed by atoms with Crippen LogP contribution in [-0.4, -0.2) is 34.3 Å². The summed E-state index contributed by atoms with van der Waals surface area (Å²) < 4.78 is 6.90. The topological polar surface area (TPSA) is 95.1 Å². The molecule has 0 aliphatic carbocycles. The molecule has 7 heteroatoms. The zero-order chi connectivity index (χ0) is 14.5. The molecule has 1 aromatic carbocycles. The SMILES string of the molecule is COc1cc(N)cc(C(=O)NCCc2nncn2C)c1. The fourth-order valence-corrected chi connectivity index (χ4v) is 1.79. The molecule has 0 unspecified atom stereocenters. The average molecular weight is 275 g/mol. The third-order valence-electron chi connectivity index (χ3n) is 2.87. The number of benzene rings is 1. The second-order valence-corrected chi connectivity index (χ2v) is 4.36. The highest BCUT2D eigenvalue weighted by molar-refractivity contribution is 5.95. The Bertz CT molecular complexity index is 609. The van der Waals surface area contributed by atoms with E-state index in [1.54, 1.807) is 24.5 Å². The van der Waals surface area contributed by atoms with Gasteiger partial charge in [-0.2, -0.15) is 0 Å². The van der Waals surface area contributed by atoms with Crippen molar-refractivity contribution in [2.75, 3.05) is 19.4 Å². The van der Waals surface area contributed by atoms with Crippen LogP contribution in [0.15, 0.2) is 24.5 Å². The lowest BCUT2D eigenvalue weighted by atomic mass is 10.1. The number of ether oxygens (including phenoxy) is 1. The van der Waals surface area contributed by atoms with Gasteiger partial charge >= 0.3 is 0 Å². The highest BCUT2D eigenvalue weighted by Gasteiger charge is 2.08. The molecule has 2 aromatic rings. The molecule has 0 saturated heterocycles. The van der Waals surface area contributed by atoms with E-state index in [1.165, 1.54) is 7.11 Å². The van der Waals surface area contributed by atoms with Crippen molar-refractivity contribution in [3.8, 4) is 5.75 Å². The van der Waals surface area contributed by atoms with Crippen LogP contribution in [0.5, 0.6) is 5.75 Å². The van der Waals surface area contributed by atoms with Gasteiger partial charge < -0.3 is 20.4 Å². The summed E-state index contributed by atoms with van der Waals surface area (Å²) in [7, 11) is 3.39. The van der Waals surface area contributed by atoms with Crippen molar-refractivity contribution in [3.63, 3.8) is 0 Å². The molecule has 0 saturated carbocycles. The number of methoxy groups -OCH3 is 1. The minimum absolute atomic E-state index is 0.197. The van der Waals surface area contributed by atoms with E-state index in [0.717, 1.165) is 5.82 Å². The number of hydrogen-bond acceptors (Lipinski definition) is 5. The monoisotopic (exact) mass is 275 g/mol. The molecule has 0 atom stereocenters. The predicted molar refractivity (Wildman–Crippen MR) is 74.4 cm³/mol. The number of nitrogens with two attached hydrogens (primary N) is 1. The summed E-state index contributed by atoms with van der Waals surface area (Å²) >= 11 is 0. The Kier molecular flexibility index (Phi) is 4.19. The number of carbonyl (C=O) groups is 1. The molecule has 0 spiro atoms. The summed E-state index contributed by atoms with van der Waals surface area (Å²) in [6.07, 6.45) is 2.24. The van der Waals surface area contributed by atoms with Crippen molar-refractivity contribution in [3.05, 3.63) is 35.9 Å². The van der Waals surface area contributed by atoms with Gasteiger partial charge in [0.15, 0.2) is 0 Å². The van der Waals surface area contributed by atoms with Crippen LogP contribution < -0.4 is 15.8 Å². The Hall–Kier alpha value is -2.57. The van der Waals surface area contributed by atoms with Crippen LogP contribution in [0.2, 0.25) is 0 Å². The van der Waals surface area contributed by atoms with Crippen LogP contribution >= 0.6 is 0 Å². The number of amides is 1. The number of aryl methyl sites for hydroxylation is 1. The van der Waals surface area contributed by atoms with E-state index in [0.29, 0.717) is 30.0 Å². The molecule has 2 rings (SSSR count). The highest BCUT2D eigenvalue weighted by Crippen LogP contribution is 2.18. The van der Waals surface area contributed by atoms with Gasteiger partial charge in [-0.05, 0) is 12.1 Å². The Balaban J connectivity index is 1.95.